The van der Waals surface area contributed by atoms with Crippen molar-refractivity contribution >= 4 is 43.7 Å². The normalized spacial score (nSPS) is 23.7. The van der Waals surface area contributed by atoms with Gasteiger partial charge in [-0.25, -0.2) is 15.0 Å². The molecule has 3 aromatic heterocycles. The van der Waals surface area contributed by atoms with E-state index >= 15 is 0 Å². The van der Waals surface area contributed by atoms with Crippen LogP contribution in [0.3, 0.4) is 0 Å². The van der Waals surface area contributed by atoms with Crippen LogP contribution in [0.1, 0.15) is 32.6 Å². The predicted octanol–water partition coefficient (Wildman–Crippen LogP) is 6.26. The van der Waals surface area contributed by atoms with Crippen molar-refractivity contribution in [3.63, 3.8) is 0 Å². The highest BCUT2D eigenvalue weighted by molar-refractivity contribution is 9.10. The van der Waals surface area contributed by atoms with Crippen LogP contribution < -0.4 is 19.5 Å². The fourth-order valence-electron chi connectivity index (χ4n) is 6.02. The third-order valence-corrected chi connectivity index (χ3v) is 8.83. The molecule has 0 saturated carbocycles. The predicted molar refractivity (Wildman–Crippen MR) is 172 cm³/mol. The Morgan fingerprint density at radius 1 is 0.933 bits per heavy atom. The molecule has 45 heavy (non-hydrogen) atoms. The molecule has 0 aliphatic carbocycles. The van der Waals surface area contributed by atoms with Crippen LogP contribution in [0, 0.1) is 0 Å². The maximum absolute atomic E-state index is 6.71. The minimum Gasteiger partial charge on any atom is -0.497 e. The summed E-state index contributed by atoms with van der Waals surface area (Å²) in [6.45, 7) is 6.66. The van der Waals surface area contributed by atoms with Gasteiger partial charge in [0, 0.05) is 24.2 Å². The van der Waals surface area contributed by atoms with Crippen molar-refractivity contribution in [2.24, 2.45) is 0 Å². The Bertz CT molecular complexity index is 1860. The van der Waals surface area contributed by atoms with Gasteiger partial charge in [0.15, 0.2) is 12.0 Å². The molecule has 2 aliphatic rings. The van der Waals surface area contributed by atoms with Crippen molar-refractivity contribution in [2.45, 2.75) is 57.1 Å². The lowest BCUT2D eigenvalue weighted by Gasteiger charge is -2.31. The molecule has 1 N–H and O–H groups in total. The number of hydrogen-bond donors (Lipinski definition) is 1. The van der Waals surface area contributed by atoms with E-state index in [1.807, 2.05) is 86.1 Å². The van der Waals surface area contributed by atoms with E-state index in [2.05, 4.69) is 31.2 Å². The lowest BCUT2D eigenvalue weighted by Crippen LogP contribution is -2.45. The average molecular weight is 677 g/mol. The second-order valence-corrected chi connectivity index (χ2v) is 12.7. The largest absolute Gasteiger partial charge is 0.497 e. The van der Waals surface area contributed by atoms with Crippen LogP contribution in [0.2, 0.25) is 0 Å². The molecular formula is C33H34BrN5O6. The molecule has 12 heteroatoms. The van der Waals surface area contributed by atoms with Crippen molar-refractivity contribution in [2.75, 3.05) is 26.1 Å². The number of nitrogens with one attached hydrogen (secondary N) is 1. The van der Waals surface area contributed by atoms with Gasteiger partial charge in [0.1, 0.15) is 53.7 Å². The van der Waals surface area contributed by atoms with E-state index in [0.717, 1.165) is 37.9 Å². The van der Waals surface area contributed by atoms with E-state index in [9.17, 15) is 0 Å². The van der Waals surface area contributed by atoms with Gasteiger partial charge < -0.3 is 38.3 Å². The molecule has 2 saturated heterocycles. The zero-order valence-corrected chi connectivity index (χ0v) is 27.2. The number of methoxy groups -OCH3 is 2. The van der Waals surface area contributed by atoms with Crippen LogP contribution in [0.5, 0.6) is 17.4 Å². The van der Waals surface area contributed by atoms with Crippen LogP contribution in [-0.4, -0.2) is 63.9 Å². The summed E-state index contributed by atoms with van der Waals surface area (Å²) >= 11 is 3.66. The number of aromatic nitrogens is 4. The van der Waals surface area contributed by atoms with Crippen LogP contribution in [0.25, 0.3) is 21.9 Å². The summed E-state index contributed by atoms with van der Waals surface area (Å²) in [5, 5.41) is 5.20. The van der Waals surface area contributed by atoms with Crippen molar-refractivity contribution < 1.29 is 28.4 Å². The van der Waals surface area contributed by atoms with Crippen molar-refractivity contribution in [3.8, 4) is 17.4 Å². The first-order chi connectivity index (χ1) is 21.7. The Hall–Kier alpha value is -3.97. The molecule has 2 aromatic carbocycles. The average Bonchev–Trinajstić information content (AvgIpc) is 3.69. The Morgan fingerprint density at radius 3 is 2.51 bits per heavy atom. The number of ether oxygens (including phenoxy) is 6. The van der Waals surface area contributed by atoms with Crippen LogP contribution in [0.4, 0.5) is 5.82 Å². The molecule has 0 spiro atoms. The van der Waals surface area contributed by atoms with E-state index in [4.69, 9.17) is 33.4 Å². The molecule has 0 bridgehead atoms. The standard InChI is InChI=1S/C33H34BrN5O6/c1-32(2)43-26-27(44-32)33(3,45-31(26)39-13-12-23-29(39)36-18-37-30(23)41-5)17-42-22-11-8-20-14-24(34)28(38-25(20)15-22)35-16-19-6-9-21(40-4)10-7-19/h6-15,18,26-27,31H,16-17H2,1-5H3,(H,35,38)/t26-,27+,31-,33-/m1/s1. The highest BCUT2D eigenvalue weighted by Crippen LogP contribution is 2.49. The van der Waals surface area contributed by atoms with Crippen LogP contribution >= 0.6 is 15.9 Å². The lowest BCUT2D eigenvalue weighted by molar-refractivity contribution is -0.220. The number of hydrogen-bond acceptors (Lipinski definition) is 10. The van der Waals surface area contributed by atoms with Gasteiger partial charge in [-0.2, -0.15) is 0 Å². The summed E-state index contributed by atoms with van der Waals surface area (Å²) in [6, 6.07) is 17.8. The molecule has 0 amide bonds. The molecule has 2 fully saturated rings. The first-order valence-corrected chi connectivity index (χ1v) is 15.4. The van der Waals surface area contributed by atoms with E-state index in [-0.39, 0.29) is 18.8 Å². The number of benzene rings is 2. The molecule has 5 aromatic rings. The Labute approximate surface area is 268 Å². The maximum atomic E-state index is 6.71. The summed E-state index contributed by atoms with van der Waals surface area (Å²) < 4.78 is 39.4. The maximum Gasteiger partial charge on any atom is 0.225 e. The SMILES string of the molecule is COc1ccc(CNc2nc3cc(OC[C@@]4(C)O[C@@H](n5ccc6c(OC)ncnc65)[C@@H]5OC(C)(C)O[C@@H]54)ccc3cc2Br)cc1. The zero-order chi connectivity index (χ0) is 31.3. The number of anilines is 1. The molecule has 4 atom stereocenters. The minimum atomic E-state index is -0.829. The molecular weight excluding hydrogens is 642 g/mol. The summed E-state index contributed by atoms with van der Waals surface area (Å²) in [6.07, 6.45) is 2.12. The van der Waals surface area contributed by atoms with Crippen molar-refractivity contribution in [1.29, 1.82) is 0 Å². The van der Waals surface area contributed by atoms with Gasteiger partial charge in [0.05, 0.1) is 29.6 Å². The van der Waals surface area contributed by atoms with Crippen molar-refractivity contribution in [3.05, 3.63) is 77.2 Å². The quantitative estimate of drug-likeness (QED) is 0.192. The smallest absolute Gasteiger partial charge is 0.225 e. The van der Waals surface area contributed by atoms with Gasteiger partial charge in [0.2, 0.25) is 5.88 Å². The van der Waals surface area contributed by atoms with Crippen LogP contribution in [-0.2, 0) is 20.8 Å². The molecule has 0 radical (unpaired) electrons. The van der Waals surface area contributed by atoms with Gasteiger partial charge in [-0.05, 0) is 78.7 Å². The van der Waals surface area contributed by atoms with Gasteiger partial charge in [-0.1, -0.05) is 12.1 Å². The number of nitrogens with zero attached hydrogens (tertiary/aromatic N) is 4. The zero-order valence-electron chi connectivity index (χ0n) is 25.6. The third kappa shape index (κ3) is 5.56. The van der Waals surface area contributed by atoms with Gasteiger partial charge in [-0.3, -0.25) is 0 Å². The van der Waals surface area contributed by atoms with E-state index < -0.39 is 17.6 Å². The van der Waals surface area contributed by atoms with E-state index in [0.29, 0.717) is 23.8 Å². The highest BCUT2D eigenvalue weighted by atomic mass is 79.9. The first kappa shape index (κ1) is 29.7. The molecule has 7 rings (SSSR count). The fourth-order valence-corrected chi connectivity index (χ4v) is 6.49. The first-order valence-electron chi connectivity index (χ1n) is 14.7. The Morgan fingerprint density at radius 2 is 1.73 bits per heavy atom. The lowest BCUT2D eigenvalue weighted by atomic mass is 9.98. The highest BCUT2D eigenvalue weighted by Gasteiger charge is 2.62. The molecule has 2 aliphatic heterocycles. The fraction of sp³-hybridized carbons (Fsp3) is 0.364. The Kier molecular flexibility index (Phi) is 7.55. The summed E-state index contributed by atoms with van der Waals surface area (Å²) in [5.41, 5.74) is 1.77. The number of rotatable bonds is 9. The minimum absolute atomic E-state index is 0.228. The monoisotopic (exact) mass is 675 g/mol. The number of halogens is 1. The van der Waals surface area contributed by atoms with Gasteiger partial charge >= 0.3 is 0 Å². The molecule has 5 heterocycles. The summed E-state index contributed by atoms with van der Waals surface area (Å²) in [7, 11) is 3.25. The molecule has 11 nitrogen and oxygen atoms in total. The second-order valence-electron chi connectivity index (χ2n) is 11.8. The van der Waals surface area contributed by atoms with Gasteiger partial charge in [0.25, 0.3) is 0 Å². The second kappa shape index (κ2) is 11.4. The third-order valence-electron chi connectivity index (χ3n) is 8.23. The molecule has 0 unspecified atom stereocenters. The van der Waals surface area contributed by atoms with E-state index in [1.165, 1.54) is 6.33 Å². The summed E-state index contributed by atoms with van der Waals surface area (Å²) in [4.78, 5) is 13.6. The Balaban J connectivity index is 1.11. The van der Waals surface area contributed by atoms with Crippen LogP contribution in [0.15, 0.2) is 71.6 Å². The molecule has 234 valence electrons. The topological polar surface area (TPSA) is 111 Å². The van der Waals surface area contributed by atoms with Crippen molar-refractivity contribution in [1.82, 2.24) is 19.5 Å². The van der Waals surface area contributed by atoms with Gasteiger partial charge in [-0.15, -0.1) is 0 Å². The van der Waals surface area contributed by atoms with E-state index in [1.54, 1.807) is 14.2 Å². The number of pyridine rings is 1. The number of fused-ring (bicyclic) bond motifs is 3. The summed E-state index contributed by atoms with van der Waals surface area (Å²) in [5.74, 6) is 1.95.